The van der Waals surface area contributed by atoms with Crippen molar-refractivity contribution in [3.8, 4) is 0 Å². The molecule has 11 heteroatoms. The lowest BCUT2D eigenvalue weighted by Gasteiger charge is -2.48. The maximum Gasteiger partial charge on any atom is 0.255 e. The van der Waals surface area contributed by atoms with Gasteiger partial charge in [0.1, 0.15) is 33.9 Å². The van der Waals surface area contributed by atoms with Crippen molar-refractivity contribution in [2.45, 2.75) is 49.1 Å². The third kappa shape index (κ3) is 4.30. The number of Topliss-reactive ketones (excluding diaryl/α,β-unsaturated/α-hetero) is 1. The van der Waals surface area contributed by atoms with Gasteiger partial charge in [0.2, 0.25) is 5.78 Å². The lowest BCUT2D eigenvalue weighted by Crippen LogP contribution is -2.62. The molecule has 10 nitrogen and oxygen atoms in total. The number of aliphatic hydroxyl groups is 5. The number of primary amides is 1. The first kappa shape index (κ1) is 26.2. The first-order valence-corrected chi connectivity index (χ1v) is 13.1. The largest absolute Gasteiger partial charge is 0.616 e. The fourth-order valence-corrected chi connectivity index (χ4v) is 7.59. The van der Waals surface area contributed by atoms with E-state index in [1.165, 1.54) is 12.2 Å². The van der Waals surface area contributed by atoms with E-state index < -0.39 is 93.0 Å². The van der Waals surface area contributed by atoms with Gasteiger partial charge in [0.25, 0.3) is 5.91 Å². The van der Waals surface area contributed by atoms with E-state index in [0.29, 0.717) is 0 Å². The van der Waals surface area contributed by atoms with Crippen LogP contribution in [-0.4, -0.2) is 70.3 Å². The van der Waals surface area contributed by atoms with E-state index in [-0.39, 0.29) is 11.0 Å². The minimum absolute atomic E-state index is 0.0317. The molecule has 7 N–H and O–H groups in total. The quantitative estimate of drug-likeness (QED) is 0.230. The number of carbonyl (C=O) groups excluding carboxylic acids is 3. The number of carbonyl (C=O) groups is 3. The van der Waals surface area contributed by atoms with Gasteiger partial charge in [-0.25, -0.2) is 0 Å². The molecule has 36 heavy (non-hydrogen) atoms. The summed E-state index contributed by atoms with van der Waals surface area (Å²) >= 11 is -1.34. The van der Waals surface area contributed by atoms with Gasteiger partial charge in [-0.15, -0.1) is 0 Å². The highest BCUT2D eigenvalue weighted by Crippen LogP contribution is 2.50. The molecule has 1 unspecified atom stereocenters. The smallest absolute Gasteiger partial charge is 0.255 e. The maximum atomic E-state index is 13.2. The first-order valence-electron chi connectivity index (χ1n) is 11.8. The number of nitrogens with two attached hydrogens (primary N) is 1. The molecule has 0 aliphatic heterocycles. The highest BCUT2D eigenvalue weighted by atomic mass is 32.2. The maximum absolute atomic E-state index is 13.2. The number of allylic oxidation sites excluding steroid dienone is 6. The molecule has 0 aromatic heterocycles. The van der Waals surface area contributed by atoms with Gasteiger partial charge in [-0.05, 0) is 31.8 Å². The van der Waals surface area contributed by atoms with Crippen molar-refractivity contribution in [1.29, 1.82) is 0 Å². The van der Waals surface area contributed by atoms with Crippen LogP contribution in [0.3, 0.4) is 0 Å². The van der Waals surface area contributed by atoms with E-state index in [0.717, 1.165) is 31.8 Å². The summed E-state index contributed by atoms with van der Waals surface area (Å²) in [7, 11) is 0. The van der Waals surface area contributed by atoms with Crippen molar-refractivity contribution in [2.75, 3.05) is 5.75 Å². The van der Waals surface area contributed by atoms with E-state index in [1.54, 1.807) is 12.2 Å². The van der Waals surface area contributed by atoms with E-state index in [9.17, 15) is 44.5 Å². The molecule has 1 fully saturated rings. The van der Waals surface area contributed by atoms with Crippen LogP contribution in [0.15, 0.2) is 58.8 Å². The molecule has 0 spiro atoms. The van der Waals surface area contributed by atoms with Crippen LogP contribution in [0.5, 0.6) is 0 Å². The van der Waals surface area contributed by atoms with Crippen molar-refractivity contribution in [2.24, 2.45) is 23.5 Å². The number of ketones is 2. The van der Waals surface area contributed by atoms with Crippen LogP contribution >= 0.6 is 0 Å². The zero-order valence-corrected chi connectivity index (χ0v) is 20.2. The van der Waals surface area contributed by atoms with Gasteiger partial charge in [-0.3, -0.25) is 14.4 Å². The van der Waals surface area contributed by atoms with Crippen molar-refractivity contribution in [3.63, 3.8) is 0 Å². The van der Waals surface area contributed by atoms with Gasteiger partial charge in [0, 0.05) is 35.8 Å². The average Bonchev–Trinajstić information content (AvgIpc) is 3.35. The molecule has 1 saturated carbocycles. The summed E-state index contributed by atoms with van der Waals surface area (Å²) in [6.45, 7) is 0. The Morgan fingerprint density at radius 3 is 2.47 bits per heavy atom. The highest BCUT2D eigenvalue weighted by molar-refractivity contribution is 7.92. The molecule has 0 radical (unpaired) electrons. The second-order valence-corrected chi connectivity index (χ2v) is 11.4. The Balaban J connectivity index is 1.88. The van der Waals surface area contributed by atoms with Crippen LogP contribution in [0, 0.1) is 17.8 Å². The van der Waals surface area contributed by atoms with E-state index in [4.69, 9.17) is 5.73 Å². The molecule has 1 amide bonds. The minimum Gasteiger partial charge on any atom is -0.616 e. The van der Waals surface area contributed by atoms with Crippen molar-refractivity contribution >= 4 is 28.6 Å². The summed E-state index contributed by atoms with van der Waals surface area (Å²) in [6, 6.07) is 0. The number of aliphatic hydroxyl groups excluding tert-OH is 4. The summed E-state index contributed by atoms with van der Waals surface area (Å²) in [5.41, 5.74) is 0.807. The fraction of sp³-hybridized carbons (Fsp3) is 0.480. The summed E-state index contributed by atoms with van der Waals surface area (Å²) in [4.78, 5) is 38.2. The van der Waals surface area contributed by atoms with Crippen LogP contribution in [0.25, 0.3) is 0 Å². The molecule has 4 rings (SSSR count). The van der Waals surface area contributed by atoms with Crippen LogP contribution in [0.4, 0.5) is 0 Å². The van der Waals surface area contributed by atoms with E-state index in [1.807, 2.05) is 0 Å². The van der Waals surface area contributed by atoms with Gasteiger partial charge in [-0.1, -0.05) is 29.4 Å². The Labute approximate surface area is 210 Å². The first-order chi connectivity index (χ1) is 17.0. The second kappa shape index (κ2) is 9.89. The molecule has 0 aromatic carbocycles. The molecule has 0 saturated heterocycles. The number of amides is 1. The Bertz CT molecular complexity index is 1130. The van der Waals surface area contributed by atoms with Crippen LogP contribution in [0.2, 0.25) is 0 Å². The lowest BCUT2D eigenvalue weighted by atomic mass is 9.59. The van der Waals surface area contributed by atoms with Crippen molar-refractivity contribution in [1.82, 2.24) is 0 Å². The highest BCUT2D eigenvalue weighted by Gasteiger charge is 2.63. The number of hydrogen-bond acceptors (Lipinski definition) is 9. The number of hydrogen-bond donors (Lipinski definition) is 6. The summed E-state index contributed by atoms with van der Waals surface area (Å²) in [5, 5.41) is 54.4. The predicted octanol–water partition coefficient (Wildman–Crippen LogP) is 0.851. The molecule has 4 aliphatic rings. The zero-order chi connectivity index (χ0) is 26.4. The SMILES string of the molecule is NC(=O)C1=C(O)C[C@@H]2[C@@H](O)[C@H]3C(=C(O)[C@]2(O)C1=O)C(=O)/C=C(O)/C=C\C=C\[C@@H]3C[S+]([O-])C1CCCC1. The third-order valence-electron chi connectivity index (χ3n) is 7.56. The summed E-state index contributed by atoms with van der Waals surface area (Å²) < 4.78 is 13.2. The number of fused-ring (bicyclic) bond motifs is 2. The lowest BCUT2D eigenvalue weighted by molar-refractivity contribution is -0.155. The van der Waals surface area contributed by atoms with Gasteiger partial charge < -0.3 is 35.8 Å². The van der Waals surface area contributed by atoms with Crippen LogP contribution in [-0.2, 0) is 25.6 Å². The van der Waals surface area contributed by atoms with Gasteiger partial charge in [0.05, 0.1) is 6.10 Å². The Kier molecular flexibility index (Phi) is 7.20. The molecule has 0 aromatic rings. The molecule has 6 atom stereocenters. The normalized spacial score (nSPS) is 37.6. The monoisotopic (exact) mass is 519 g/mol. The van der Waals surface area contributed by atoms with Gasteiger partial charge >= 0.3 is 0 Å². The van der Waals surface area contributed by atoms with Gasteiger partial charge in [-0.2, -0.15) is 0 Å². The predicted molar refractivity (Wildman–Crippen MR) is 129 cm³/mol. The van der Waals surface area contributed by atoms with E-state index >= 15 is 0 Å². The van der Waals surface area contributed by atoms with Crippen LogP contribution < -0.4 is 5.73 Å². The molecule has 0 bridgehead atoms. The van der Waals surface area contributed by atoms with Gasteiger partial charge in [0.15, 0.2) is 11.4 Å². The van der Waals surface area contributed by atoms with E-state index in [2.05, 4.69) is 0 Å². The average molecular weight is 520 g/mol. The topological polar surface area (TPSA) is 201 Å². The summed E-state index contributed by atoms with van der Waals surface area (Å²) in [6.07, 6.45) is 7.79. The Morgan fingerprint density at radius 1 is 1.17 bits per heavy atom. The fourth-order valence-electron chi connectivity index (χ4n) is 5.76. The Hall–Kier alpha value is -2.86. The molecule has 194 valence electrons. The molecular weight excluding hydrogens is 490 g/mol. The van der Waals surface area contributed by atoms with Crippen molar-refractivity contribution < 1.29 is 44.5 Å². The number of rotatable bonds is 4. The van der Waals surface area contributed by atoms with Crippen molar-refractivity contribution in [3.05, 3.63) is 58.8 Å². The summed E-state index contributed by atoms with van der Waals surface area (Å²) in [5.74, 6) is -9.59. The standard InChI is InChI=1S/C25H29NO9S/c26-24(33)20-17(29)10-15-21(30)18-12(11-36(35)14-7-3-4-8-14)5-1-2-6-13(27)9-16(28)19(18)22(31)25(15,34)23(20)32/h1-2,5-6,9,12,14-15,18,21,27,29-31,34H,3-4,7-8,10-11H2,(H2,26,33)/b5-1+,6-2-,13-9-/t12-,15-,18-,21-,25+,36?/m1/s1. The zero-order valence-electron chi connectivity index (χ0n) is 19.4. The minimum atomic E-state index is -2.92. The second-order valence-electron chi connectivity index (χ2n) is 9.67. The molecule has 4 aliphatic carbocycles. The molecule has 0 heterocycles. The third-order valence-corrected chi connectivity index (χ3v) is 9.49. The molecular formula is C25H29NO9S. The van der Waals surface area contributed by atoms with Crippen LogP contribution in [0.1, 0.15) is 32.1 Å². The Morgan fingerprint density at radius 2 is 1.83 bits per heavy atom.